The molecule has 1 atom stereocenters. The summed E-state index contributed by atoms with van der Waals surface area (Å²) in [6.45, 7) is 1.25. The van der Waals surface area contributed by atoms with Crippen molar-refractivity contribution in [3.8, 4) is 0 Å². The quantitative estimate of drug-likeness (QED) is 0.873. The van der Waals surface area contributed by atoms with Gasteiger partial charge in [0.15, 0.2) is 0 Å². The van der Waals surface area contributed by atoms with Crippen LogP contribution in [-0.2, 0) is 4.74 Å². The van der Waals surface area contributed by atoms with Crippen molar-refractivity contribution >= 4 is 28.8 Å². The minimum absolute atomic E-state index is 0.0810. The Hall–Kier alpha value is -2.25. The van der Waals surface area contributed by atoms with Gasteiger partial charge in [-0.2, -0.15) is 0 Å². The number of amides is 2. The molecule has 1 aliphatic rings. The number of anilines is 1. The SMILES string of the molecule is O=C(Nc1ccsc1C(=O)NC[C@@H]1CCCCO1)c1ccncc1. The van der Waals surface area contributed by atoms with Crippen LogP contribution in [0.4, 0.5) is 5.69 Å². The van der Waals surface area contributed by atoms with E-state index in [0.717, 1.165) is 25.9 Å². The van der Waals surface area contributed by atoms with E-state index < -0.39 is 0 Å². The molecule has 0 radical (unpaired) electrons. The molecule has 0 aromatic carbocycles. The fraction of sp³-hybridized carbons (Fsp3) is 0.353. The molecule has 24 heavy (non-hydrogen) atoms. The summed E-state index contributed by atoms with van der Waals surface area (Å²) in [6.07, 6.45) is 6.38. The molecule has 0 aliphatic carbocycles. The monoisotopic (exact) mass is 345 g/mol. The molecule has 0 spiro atoms. The fourth-order valence-corrected chi connectivity index (χ4v) is 3.30. The van der Waals surface area contributed by atoms with Crippen LogP contribution in [0.5, 0.6) is 0 Å². The summed E-state index contributed by atoms with van der Waals surface area (Å²) >= 11 is 1.30. The highest BCUT2D eigenvalue weighted by atomic mass is 32.1. The van der Waals surface area contributed by atoms with Crippen molar-refractivity contribution in [3.05, 3.63) is 46.4 Å². The van der Waals surface area contributed by atoms with E-state index in [2.05, 4.69) is 15.6 Å². The Bertz CT molecular complexity index is 696. The van der Waals surface area contributed by atoms with Crippen molar-refractivity contribution in [2.75, 3.05) is 18.5 Å². The second-order valence-corrected chi connectivity index (χ2v) is 6.47. The van der Waals surface area contributed by atoms with Gasteiger partial charge in [0.05, 0.1) is 11.8 Å². The van der Waals surface area contributed by atoms with Crippen LogP contribution >= 0.6 is 11.3 Å². The smallest absolute Gasteiger partial charge is 0.263 e. The number of hydrogen-bond acceptors (Lipinski definition) is 5. The molecule has 2 N–H and O–H groups in total. The highest BCUT2D eigenvalue weighted by molar-refractivity contribution is 7.12. The first-order valence-corrected chi connectivity index (χ1v) is 8.80. The van der Waals surface area contributed by atoms with Crippen LogP contribution in [0.15, 0.2) is 36.0 Å². The van der Waals surface area contributed by atoms with Crippen molar-refractivity contribution in [1.29, 1.82) is 0 Å². The van der Waals surface area contributed by atoms with Gasteiger partial charge in [-0.1, -0.05) is 0 Å². The molecular formula is C17H19N3O3S. The fourth-order valence-electron chi connectivity index (χ4n) is 2.54. The standard InChI is InChI=1S/C17H19N3O3S/c21-16(12-4-7-18-8-5-12)20-14-6-10-24-15(14)17(22)19-11-13-3-1-2-9-23-13/h4-8,10,13H,1-3,9,11H2,(H,19,22)(H,20,21)/t13-/m0/s1. The molecule has 3 rings (SSSR count). The van der Waals surface area contributed by atoms with E-state index in [9.17, 15) is 9.59 Å². The molecule has 0 saturated carbocycles. The number of rotatable bonds is 5. The van der Waals surface area contributed by atoms with Gasteiger partial charge in [-0.25, -0.2) is 0 Å². The van der Waals surface area contributed by atoms with E-state index in [1.54, 1.807) is 36.0 Å². The molecule has 126 valence electrons. The van der Waals surface area contributed by atoms with E-state index in [4.69, 9.17) is 4.74 Å². The summed E-state index contributed by atoms with van der Waals surface area (Å²) in [5.41, 5.74) is 1.02. The Morgan fingerprint density at radius 1 is 1.21 bits per heavy atom. The third-order valence-electron chi connectivity index (χ3n) is 3.83. The van der Waals surface area contributed by atoms with E-state index in [1.807, 2.05) is 0 Å². The van der Waals surface area contributed by atoms with Crippen molar-refractivity contribution in [1.82, 2.24) is 10.3 Å². The maximum absolute atomic E-state index is 12.4. The zero-order chi connectivity index (χ0) is 16.8. The summed E-state index contributed by atoms with van der Waals surface area (Å²) in [7, 11) is 0. The molecule has 3 heterocycles. The average Bonchev–Trinajstić information content (AvgIpc) is 3.09. The minimum atomic E-state index is -0.263. The topological polar surface area (TPSA) is 80.3 Å². The van der Waals surface area contributed by atoms with Gasteiger partial charge in [0.25, 0.3) is 11.8 Å². The summed E-state index contributed by atoms with van der Waals surface area (Å²) in [5, 5.41) is 7.46. The third kappa shape index (κ3) is 4.18. The summed E-state index contributed by atoms with van der Waals surface area (Å²) in [6, 6.07) is 4.99. The lowest BCUT2D eigenvalue weighted by Crippen LogP contribution is -2.35. The Kier molecular flexibility index (Phi) is 5.55. The van der Waals surface area contributed by atoms with E-state index >= 15 is 0 Å². The molecule has 2 amide bonds. The average molecular weight is 345 g/mol. The number of carbonyl (C=O) groups is 2. The second kappa shape index (κ2) is 8.03. The molecule has 0 bridgehead atoms. The predicted octanol–water partition coefficient (Wildman–Crippen LogP) is 2.69. The molecule has 1 saturated heterocycles. The number of hydrogen-bond donors (Lipinski definition) is 2. The zero-order valence-corrected chi connectivity index (χ0v) is 14.0. The summed E-state index contributed by atoms with van der Waals surface area (Å²) in [4.78, 5) is 29.0. The maximum atomic E-state index is 12.4. The van der Waals surface area contributed by atoms with Crippen LogP contribution in [0.25, 0.3) is 0 Å². The number of nitrogens with zero attached hydrogens (tertiary/aromatic N) is 1. The third-order valence-corrected chi connectivity index (χ3v) is 4.74. The first-order chi connectivity index (χ1) is 11.7. The summed E-state index contributed by atoms with van der Waals surface area (Å²) < 4.78 is 5.61. The van der Waals surface area contributed by atoms with E-state index in [1.165, 1.54) is 11.3 Å². The lowest BCUT2D eigenvalue weighted by molar-refractivity contribution is 0.0169. The van der Waals surface area contributed by atoms with E-state index in [-0.39, 0.29) is 17.9 Å². The van der Waals surface area contributed by atoms with Gasteiger partial charge in [0.2, 0.25) is 0 Å². The lowest BCUT2D eigenvalue weighted by atomic mass is 10.1. The number of aromatic nitrogens is 1. The molecule has 1 aliphatic heterocycles. The zero-order valence-electron chi connectivity index (χ0n) is 13.2. The van der Waals surface area contributed by atoms with Crippen LogP contribution in [0.2, 0.25) is 0 Å². The van der Waals surface area contributed by atoms with Crippen molar-refractivity contribution in [2.24, 2.45) is 0 Å². The summed E-state index contributed by atoms with van der Waals surface area (Å²) in [5.74, 6) is -0.454. The van der Waals surface area contributed by atoms with Gasteiger partial charge in [-0.15, -0.1) is 11.3 Å². The normalized spacial score (nSPS) is 17.2. The Labute approximate surface area is 144 Å². The van der Waals surface area contributed by atoms with Gasteiger partial charge in [0, 0.05) is 31.1 Å². The lowest BCUT2D eigenvalue weighted by Gasteiger charge is -2.22. The first-order valence-electron chi connectivity index (χ1n) is 7.92. The highest BCUT2D eigenvalue weighted by Crippen LogP contribution is 2.23. The van der Waals surface area contributed by atoms with Crippen molar-refractivity contribution < 1.29 is 14.3 Å². The molecular weight excluding hydrogens is 326 g/mol. The van der Waals surface area contributed by atoms with Gasteiger partial charge >= 0.3 is 0 Å². The van der Waals surface area contributed by atoms with Gasteiger partial charge in [-0.3, -0.25) is 14.6 Å². The largest absolute Gasteiger partial charge is 0.376 e. The Morgan fingerprint density at radius 3 is 2.79 bits per heavy atom. The second-order valence-electron chi connectivity index (χ2n) is 5.55. The first kappa shape index (κ1) is 16.6. The molecule has 1 fully saturated rings. The number of pyridine rings is 1. The van der Waals surface area contributed by atoms with Crippen LogP contribution in [0, 0.1) is 0 Å². The minimum Gasteiger partial charge on any atom is -0.376 e. The Balaban J connectivity index is 1.59. The number of carbonyl (C=O) groups excluding carboxylic acids is 2. The molecule has 0 unspecified atom stereocenters. The highest BCUT2D eigenvalue weighted by Gasteiger charge is 2.19. The Morgan fingerprint density at radius 2 is 2.04 bits per heavy atom. The van der Waals surface area contributed by atoms with Gasteiger partial charge in [0.1, 0.15) is 4.88 Å². The number of nitrogens with one attached hydrogen (secondary N) is 2. The molecule has 6 nitrogen and oxygen atoms in total. The molecule has 2 aromatic rings. The van der Waals surface area contributed by atoms with Crippen molar-refractivity contribution in [2.45, 2.75) is 25.4 Å². The number of ether oxygens (including phenoxy) is 1. The molecule has 2 aromatic heterocycles. The number of thiophene rings is 1. The van der Waals surface area contributed by atoms with Crippen molar-refractivity contribution in [3.63, 3.8) is 0 Å². The van der Waals surface area contributed by atoms with Crippen LogP contribution in [0.3, 0.4) is 0 Å². The van der Waals surface area contributed by atoms with Crippen LogP contribution in [0.1, 0.15) is 39.3 Å². The van der Waals surface area contributed by atoms with Gasteiger partial charge < -0.3 is 15.4 Å². The van der Waals surface area contributed by atoms with Crippen LogP contribution < -0.4 is 10.6 Å². The maximum Gasteiger partial charge on any atom is 0.263 e. The molecule has 7 heteroatoms. The van der Waals surface area contributed by atoms with E-state index in [0.29, 0.717) is 22.7 Å². The van der Waals surface area contributed by atoms with Crippen LogP contribution in [-0.4, -0.2) is 36.1 Å². The predicted molar refractivity (Wildman–Crippen MR) is 92.4 cm³/mol. The van der Waals surface area contributed by atoms with Gasteiger partial charge in [-0.05, 0) is 42.8 Å².